The number of nitrogens with one attached hydrogen (secondary N) is 1. The number of ether oxygens (including phenoxy) is 4. The lowest BCUT2D eigenvalue weighted by Gasteiger charge is -2.14. The summed E-state index contributed by atoms with van der Waals surface area (Å²) in [5.41, 5.74) is 3.21. The molecule has 0 saturated carbocycles. The Kier molecular flexibility index (Phi) is 6.65. The second kappa shape index (κ2) is 9.37. The maximum atomic E-state index is 12.3. The van der Waals surface area contributed by atoms with E-state index in [2.05, 4.69) is 17.4 Å². The number of benzene rings is 2. The van der Waals surface area contributed by atoms with Crippen LogP contribution in [-0.2, 0) is 17.6 Å². The van der Waals surface area contributed by atoms with E-state index in [1.165, 1.54) is 17.2 Å². The molecule has 0 fully saturated rings. The predicted molar refractivity (Wildman–Crippen MR) is 112 cm³/mol. The molecule has 1 aliphatic heterocycles. The highest BCUT2D eigenvalue weighted by atomic mass is 16.5. The maximum Gasteiger partial charge on any atom is 0.244 e. The summed E-state index contributed by atoms with van der Waals surface area (Å²) < 4.78 is 21.5. The highest BCUT2D eigenvalue weighted by molar-refractivity contribution is 5.92. The Bertz CT molecular complexity index is 881. The molecule has 1 unspecified atom stereocenters. The van der Waals surface area contributed by atoms with Crippen molar-refractivity contribution in [2.45, 2.75) is 25.8 Å². The van der Waals surface area contributed by atoms with Crippen molar-refractivity contribution in [1.29, 1.82) is 0 Å². The molecule has 0 radical (unpaired) electrons. The summed E-state index contributed by atoms with van der Waals surface area (Å²) in [6.45, 7) is 2.74. The summed E-state index contributed by atoms with van der Waals surface area (Å²) in [6.07, 6.45) is 4.94. The molecule has 1 N–H and O–H groups in total. The van der Waals surface area contributed by atoms with Crippen molar-refractivity contribution >= 4 is 12.0 Å². The zero-order valence-electron chi connectivity index (χ0n) is 17.3. The minimum absolute atomic E-state index is 0.00691. The van der Waals surface area contributed by atoms with E-state index in [1.54, 1.807) is 39.5 Å². The van der Waals surface area contributed by atoms with Gasteiger partial charge >= 0.3 is 0 Å². The molecule has 1 amide bonds. The Labute approximate surface area is 171 Å². The van der Waals surface area contributed by atoms with E-state index in [9.17, 15) is 4.79 Å². The zero-order valence-corrected chi connectivity index (χ0v) is 17.3. The van der Waals surface area contributed by atoms with E-state index in [-0.39, 0.29) is 11.9 Å². The Hall–Kier alpha value is -3.15. The number of hydrogen-bond donors (Lipinski definition) is 1. The van der Waals surface area contributed by atoms with E-state index in [1.807, 2.05) is 13.0 Å². The molecule has 1 atom stereocenters. The second-order valence-corrected chi connectivity index (χ2v) is 6.95. The molecule has 0 bridgehead atoms. The number of rotatable bonds is 8. The van der Waals surface area contributed by atoms with Crippen LogP contribution in [0.2, 0.25) is 0 Å². The summed E-state index contributed by atoms with van der Waals surface area (Å²) >= 11 is 0. The van der Waals surface area contributed by atoms with Crippen molar-refractivity contribution in [3.8, 4) is 23.0 Å². The van der Waals surface area contributed by atoms with Crippen LogP contribution in [0.3, 0.4) is 0 Å². The first-order chi connectivity index (χ1) is 14.0. The van der Waals surface area contributed by atoms with Crippen molar-refractivity contribution in [2.75, 3.05) is 27.9 Å². The Morgan fingerprint density at radius 3 is 2.52 bits per heavy atom. The van der Waals surface area contributed by atoms with Gasteiger partial charge in [0.15, 0.2) is 11.5 Å². The topological polar surface area (TPSA) is 66.0 Å². The van der Waals surface area contributed by atoms with Gasteiger partial charge in [-0.15, -0.1) is 0 Å². The fourth-order valence-corrected chi connectivity index (χ4v) is 3.43. The first-order valence-electron chi connectivity index (χ1n) is 9.57. The molecule has 154 valence electrons. The third kappa shape index (κ3) is 5.02. The van der Waals surface area contributed by atoms with Crippen molar-refractivity contribution in [3.05, 3.63) is 53.1 Å². The van der Waals surface area contributed by atoms with E-state index >= 15 is 0 Å². The van der Waals surface area contributed by atoms with Crippen molar-refractivity contribution in [1.82, 2.24) is 5.32 Å². The van der Waals surface area contributed by atoms with E-state index < -0.39 is 0 Å². The molecule has 3 rings (SSSR count). The van der Waals surface area contributed by atoms with Crippen LogP contribution in [0.5, 0.6) is 23.0 Å². The molecular weight excluding hydrogens is 370 g/mol. The molecule has 0 aromatic heterocycles. The molecule has 6 heteroatoms. The lowest BCUT2D eigenvalue weighted by atomic mass is 10.0. The van der Waals surface area contributed by atoms with E-state index in [0.717, 1.165) is 30.8 Å². The van der Waals surface area contributed by atoms with Gasteiger partial charge in [0.2, 0.25) is 11.7 Å². The number of methoxy groups -OCH3 is 3. The number of fused-ring (bicyclic) bond motifs is 1. The van der Waals surface area contributed by atoms with Crippen LogP contribution in [0, 0.1) is 0 Å². The monoisotopic (exact) mass is 397 g/mol. The SMILES string of the molecule is COc1cc(/C=C/C(=O)NC(C)Cc2ccc3c(c2)CCO3)cc(OC)c1OC. The summed E-state index contributed by atoms with van der Waals surface area (Å²) in [5, 5.41) is 3.00. The van der Waals surface area contributed by atoms with E-state index in [0.29, 0.717) is 17.2 Å². The van der Waals surface area contributed by atoms with Gasteiger partial charge in [0.1, 0.15) is 5.75 Å². The summed E-state index contributed by atoms with van der Waals surface area (Å²) in [7, 11) is 4.67. The summed E-state index contributed by atoms with van der Waals surface area (Å²) in [5.74, 6) is 2.42. The highest BCUT2D eigenvalue weighted by Gasteiger charge is 2.14. The predicted octanol–water partition coefficient (Wildman–Crippen LogP) is 3.41. The van der Waals surface area contributed by atoms with Gasteiger partial charge in [-0.05, 0) is 54.3 Å². The molecular formula is C23H27NO5. The van der Waals surface area contributed by atoms with Crippen molar-refractivity contribution in [3.63, 3.8) is 0 Å². The fourth-order valence-electron chi connectivity index (χ4n) is 3.43. The van der Waals surface area contributed by atoms with Gasteiger partial charge in [0.05, 0.1) is 27.9 Å². The molecule has 1 heterocycles. The van der Waals surface area contributed by atoms with Crippen LogP contribution in [0.15, 0.2) is 36.4 Å². The van der Waals surface area contributed by atoms with E-state index in [4.69, 9.17) is 18.9 Å². The maximum absolute atomic E-state index is 12.3. The van der Waals surface area contributed by atoms with Gasteiger partial charge in [0, 0.05) is 18.5 Å². The largest absolute Gasteiger partial charge is 0.493 e. The minimum atomic E-state index is -0.157. The van der Waals surface area contributed by atoms with Crippen LogP contribution in [0.4, 0.5) is 0 Å². The lowest BCUT2D eigenvalue weighted by Crippen LogP contribution is -2.32. The average molecular weight is 397 g/mol. The Balaban J connectivity index is 1.62. The van der Waals surface area contributed by atoms with Crippen LogP contribution < -0.4 is 24.3 Å². The van der Waals surface area contributed by atoms with Crippen LogP contribution in [0.25, 0.3) is 6.08 Å². The molecule has 0 aliphatic carbocycles. The summed E-state index contributed by atoms with van der Waals surface area (Å²) in [4.78, 5) is 12.3. The molecule has 1 aliphatic rings. The molecule has 29 heavy (non-hydrogen) atoms. The van der Waals surface area contributed by atoms with Gasteiger partial charge in [-0.2, -0.15) is 0 Å². The van der Waals surface area contributed by atoms with Gasteiger partial charge in [-0.25, -0.2) is 0 Å². The molecule has 2 aromatic rings. The number of hydrogen-bond acceptors (Lipinski definition) is 5. The van der Waals surface area contributed by atoms with Crippen LogP contribution in [0.1, 0.15) is 23.6 Å². The van der Waals surface area contributed by atoms with Gasteiger partial charge in [-0.3, -0.25) is 4.79 Å². The van der Waals surface area contributed by atoms with Crippen molar-refractivity contribution < 1.29 is 23.7 Å². The standard InChI is InChI=1S/C23H27NO5/c1-15(11-16-5-7-19-18(12-16)9-10-29-19)24-22(25)8-6-17-13-20(26-2)23(28-4)21(14-17)27-3/h5-8,12-15H,9-11H2,1-4H3,(H,24,25)/b8-6+. The quantitative estimate of drug-likeness (QED) is 0.692. The Morgan fingerprint density at radius 1 is 1.14 bits per heavy atom. The first kappa shape index (κ1) is 20.6. The normalized spacial score (nSPS) is 13.5. The third-order valence-corrected chi connectivity index (χ3v) is 4.80. The van der Waals surface area contributed by atoms with Crippen LogP contribution in [-0.4, -0.2) is 39.9 Å². The van der Waals surface area contributed by atoms with Crippen LogP contribution >= 0.6 is 0 Å². The highest BCUT2D eigenvalue weighted by Crippen LogP contribution is 2.38. The van der Waals surface area contributed by atoms with Gasteiger partial charge < -0.3 is 24.3 Å². The first-order valence-corrected chi connectivity index (χ1v) is 9.57. The third-order valence-electron chi connectivity index (χ3n) is 4.80. The van der Waals surface area contributed by atoms with Gasteiger partial charge in [-0.1, -0.05) is 12.1 Å². The zero-order chi connectivity index (χ0) is 20.8. The molecule has 0 spiro atoms. The number of amides is 1. The average Bonchev–Trinajstić information content (AvgIpc) is 3.19. The second-order valence-electron chi connectivity index (χ2n) is 6.95. The summed E-state index contributed by atoms with van der Waals surface area (Å²) in [6, 6.07) is 9.82. The van der Waals surface area contributed by atoms with Crippen molar-refractivity contribution in [2.24, 2.45) is 0 Å². The fraction of sp³-hybridized carbons (Fsp3) is 0.348. The molecule has 0 saturated heterocycles. The number of carbonyl (C=O) groups excluding carboxylic acids is 1. The lowest BCUT2D eigenvalue weighted by molar-refractivity contribution is -0.117. The smallest absolute Gasteiger partial charge is 0.244 e. The number of carbonyl (C=O) groups is 1. The molecule has 6 nitrogen and oxygen atoms in total. The Morgan fingerprint density at radius 2 is 1.86 bits per heavy atom. The molecule has 2 aromatic carbocycles. The van der Waals surface area contributed by atoms with Gasteiger partial charge in [0.25, 0.3) is 0 Å². The minimum Gasteiger partial charge on any atom is -0.493 e.